The number of nitrogens with one attached hydrogen (secondary N) is 1. The van der Waals surface area contributed by atoms with E-state index >= 15 is 0 Å². The fourth-order valence-electron chi connectivity index (χ4n) is 2.64. The van der Waals surface area contributed by atoms with Crippen LogP contribution in [0.2, 0.25) is 0 Å². The van der Waals surface area contributed by atoms with Gasteiger partial charge < -0.3 is 9.73 Å². The molecule has 5 nitrogen and oxygen atoms in total. The number of rotatable bonds is 6. The molecule has 0 fully saturated rings. The predicted molar refractivity (Wildman–Crippen MR) is 110 cm³/mol. The van der Waals surface area contributed by atoms with Crippen LogP contribution in [0.25, 0.3) is 11.5 Å². The van der Waals surface area contributed by atoms with Crippen molar-refractivity contribution >= 4 is 23.4 Å². The van der Waals surface area contributed by atoms with Gasteiger partial charge in [0, 0.05) is 17.0 Å². The van der Waals surface area contributed by atoms with Crippen LogP contribution < -0.4 is 5.32 Å². The third-order valence-corrected chi connectivity index (χ3v) is 5.01. The number of halogens is 1. The Morgan fingerprint density at radius 2 is 1.66 bits per heavy atom. The zero-order valence-corrected chi connectivity index (χ0v) is 16.0. The van der Waals surface area contributed by atoms with Crippen LogP contribution in [0.15, 0.2) is 88.5 Å². The number of aromatic nitrogens is 2. The zero-order valence-electron chi connectivity index (χ0n) is 15.2. The summed E-state index contributed by atoms with van der Waals surface area (Å²) in [5.74, 6) is 0.0672. The lowest BCUT2D eigenvalue weighted by atomic mass is 10.1. The molecule has 0 aliphatic rings. The van der Waals surface area contributed by atoms with Crippen molar-refractivity contribution in [3.63, 3.8) is 0 Å². The first-order valence-corrected chi connectivity index (χ1v) is 9.84. The molecule has 1 amide bonds. The lowest BCUT2D eigenvalue weighted by molar-refractivity contribution is 0.102. The van der Waals surface area contributed by atoms with Gasteiger partial charge in [-0.05, 0) is 42.0 Å². The van der Waals surface area contributed by atoms with Gasteiger partial charge in [0.15, 0.2) is 0 Å². The fraction of sp³-hybridized carbons (Fsp3) is 0.0455. The topological polar surface area (TPSA) is 68.0 Å². The van der Waals surface area contributed by atoms with Gasteiger partial charge in [0.25, 0.3) is 11.1 Å². The molecule has 1 N–H and O–H groups in total. The van der Waals surface area contributed by atoms with Crippen molar-refractivity contribution < 1.29 is 13.6 Å². The second-order valence-electron chi connectivity index (χ2n) is 6.16. The summed E-state index contributed by atoms with van der Waals surface area (Å²) in [6.07, 6.45) is 0. The normalized spacial score (nSPS) is 10.7. The molecule has 0 spiro atoms. The molecule has 4 aromatic rings. The van der Waals surface area contributed by atoms with E-state index in [4.69, 9.17) is 4.42 Å². The molecule has 1 heterocycles. The number of nitrogens with zero attached hydrogens (tertiary/aromatic N) is 2. The molecule has 1 aromatic heterocycles. The van der Waals surface area contributed by atoms with Crippen LogP contribution in [-0.2, 0) is 5.75 Å². The van der Waals surface area contributed by atoms with E-state index in [0.717, 1.165) is 11.3 Å². The summed E-state index contributed by atoms with van der Waals surface area (Å²) in [5, 5.41) is 11.3. The number of carbonyl (C=O) groups is 1. The van der Waals surface area contributed by atoms with Gasteiger partial charge >= 0.3 is 0 Å². The number of hydrogen-bond acceptors (Lipinski definition) is 5. The Labute approximate surface area is 171 Å². The molecular weight excluding hydrogens is 389 g/mol. The summed E-state index contributed by atoms with van der Waals surface area (Å²) in [7, 11) is 0. The molecule has 4 rings (SSSR count). The Morgan fingerprint density at radius 3 is 2.41 bits per heavy atom. The molecule has 0 bridgehead atoms. The van der Waals surface area contributed by atoms with Crippen molar-refractivity contribution in [2.75, 3.05) is 5.32 Å². The monoisotopic (exact) mass is 405 g/mol. The van der Waals surface area contributed by atoms with Crippen LogP contribution in [0, 0.1) is 5.82 Å². The van der Waals surface area contributed by atoms with Crippen molar-refractivity contribution in [3.05, 3.63) is 95.8 Å². The molecule has 0 unspecified atom stereocenters. The molecule has 0 aliphatic heterocycles. The highest BCUT2D eigenvalue weighted by Crippen LogP contribution is 2.26. The first-order valence-electron chi connectivity index (χ1n) is 8.85. The zero-order chi connectivity index (χ0) is 20.1. The molecule has 29 heavy (non-hydrogen) atoms. The van der Waals surface area contributed by atoms with Crippen molar-refractivity contribution in [2.45, 2.75) is 11.0 Å². The smallest absolute Gasteiger partial charge is 0.277 e. The second-order valence-corrected chi connectivity index (χ2v) is 7.09. The van der Waals surface area contributed by atoms with Gasteiger partial charge in [0.2, 0.25) is 5.89 Å². The molecule has 3 aromatic carbocycles. The summed E-state index contributed by atoms with van der Waals surface area (Å²) in [4.78, 5) is 12.2. The Bertz CT molecular complexity index is 1110. The summed E-state index contributed by atoms with van der Waals surface area (Å²) in [6.45, 7) is 0. The highest BCUT2D eigenvalue weighted by Gasteiger charge is 2.12. The molecule has 7 heteroatoms. The van der Waals surface area contributed by atoms with Crippen LogP contribution in [0.3, 0.4) is 0 Å². The fourth-order valence-corrected chi connectivity index (χ4v) is 3.36. The largest absolute Gasteiger partial charge is 0.411 e. The van der Waals surface area contributed by atoms with E-state index in [-0.39, 0.29) is 5.56 Å². The van der Waals surface area contributed by atoms with Crippen LogP contribution in [0.5, 0.6) is 0 Å². The van der Waals surface area contributed by atoms with Gasteiger partial charge in [-0.1, -0.05) is 54.2 Å². The Hall–Kier alpha value is -3.45. The predicted octanol–water partition coefficient (Wildman–Crippen LogP) is 5.42. The van der Waals surface area contributed by atoms with E-state index in [1.165, 1.54) is 35.5 Å². The number of amides is 1. The number of anilines is 1. The number of thioether (sulfide) groups is 1. The van der Waals surface area contributed by atoms with Crippen LogP contribution in [-0.4, -0.2) is 16.1 Å². The average molecular weight is 405 g/mol. The molecule has 144 valence electrons. The van der Waals surface area contributed by atoms with E-state index in [2.05, 4.69) is 15.5 Å². The minimum absolute atomic E-state index is 0.00596. The summed E-state index contributed by atoms with van der Waals surface area (Å²) >= 11 is 1.47. The SMILES string of the molecule is O=C(Nc1ccc(-c2nnc(SCc3ccccc3)o2)cc1)c1ccccc1F. The van der Waals surface area contributed by atoms with Gasteiger partial charge in [0.1, 0.15) is 5.82 Å². The minimum atomic E-state index is -0.562. The van der Waals surface area contributed by atoms with E-state index in [9.17, 15) is 9.18 Å². The number of carbonyl (C=O) groups excluding carboxylic acids is 1. The molecule has 0 saturated carbocycles. The van der Waals surface area contributed by atoms with Crippen molar-refractivity contribution in [1.82, 2.24) is 10.2 Å². The Balaban J connectivity index is 1.40. The highest BCUT2D eigenvalue weighted by molar-refractivity contribution is 7.98. The van der Waals surface area contributed by atoms with E-state index < -0.39 is 11.7 Å². The van der Waals surface area contributed by atoms with Crippen LogP contribution in [0.4, 0.5) is 10.1 Å². The summed E-state index contributed by atoms with van der Waals surface area (Å²) < 4.78 is 19.4. The summed E-state index contributed by atoms with van der Waals surface area (Å²) in [6, 6.07) is 22.8. The molecule has 0 saturated heterocycles. The van der Waals surface area contributed by atoms with E-state index in [0.29, 0.717) is 16.8 Å². The van der Waals surface area contributed by atoms with E-state index in [1.807, 2.05) is 30.3 Å². The number of hydrogen-bond donors (Lipinski definition) is 1. The summed E-state index contributed by atoms with van der Waals surface area (Å²) in [5.41, 5.74) is 2.44. The van der Waals surface area contributed by atoms with Crippen LogP contribution in [0.1, 0.15) is 15.9 Å². The second kappa shape index (κ2) is 8.70. The molecule has 0 radical (unpaired) electrons. The highest BCUT2D eigenvalue weighted by atomic mass is 32.2. The Kier molecular flexibility index (Phi) is 5.67. The maximum atomic E-state index is 13.7. The number of benzene rings is 3. The van der Waals surface area contributed by atoms with Gasteiger partial charge in [0.05, 0.1) is 5.56 Å². The molecule has 0 aliphatic carbocycles. The van der Waals surface area contributed by atoms with Crippen molar-refractivity contribution in [3.8, 4) is 11.5 Å². The van der Waals surface area contributed by atoms with Gasteiger partial charge in [-0.25, -0.2) is 4.39 Å². The third-order valence-electron chi connectivity index (χ3n) is 4.12. The van der Waals surface area contributed by atoms with E-state index in [1.54, 1.807) is 30.3 Å². The standard InChI is InChI=1S/C22H16FN3O2S/c23-19-9-5-4-8-18(19)20(27)24-17-12-10-16(11-13-17)21-25-26-22(28-21)29-14-15-6-2-1-3-7-15/h1-13H,14H2,(H,24,27). The molecular formula is C22H16FN3O2S. The maximum Gasteiger partial charge on any atom is 0.277 e. The Morgan fingerprint density at radius 1 is 0.931 bits per heavy atom. The first kappa shape index (κ1) is 18.9. The average Bonchev–Trinajstić information content (AvgIpc) is 3.23. The lowest BCUT2D eigenvalue weighted by Crippen LogP contribution is -2.13. The quantitative estimate of drug-likeness (QED) is 0.434. The third kappa shape index (κ3) is 4.70. The van der Waals surface area contributed by atoms with Gasteiger partial charge in [-0.2, -0.15) is 0 Å². The maximum absolute atomic E-state index is 13.7. The van der Waals surface area contributed by atoms with Crippen LogP contribution >= 0.6 is 11.8 Å². The first-order chi connectivity index (χ1) is 14.2. The minimum Gasteiger partial charge on any atom is -0.411 e. The van der Waals surface area contributed by atoms with Crippen molar-refractivity contribution in [2.24, 2.45) is 0 Å². The van der Waals surface area contributed by atoms with Gasteiger partial charge in [-0.15, -0.1) is 10.2 Å². The lowest BCUT2D eigenvalue weighted by Gasteiger charge is -2.06. The van der Waals surface area contributed by atoms with Crippen molar-refractivity contribution in [1.29, 1.82) is 0 Å². The molecule has 0 atom stereocenters. The van der Waals surface area contributed by atoms with Gasteiger partial charge in [-0.3, -0.25) is 4.79 Å².